The lowest BCUT2D eigenvalue weighted by atomic mass is 10.1. The number of hydrogen-bond donors (Lipinski definition) is 2. The summed E-state index contributed by atoms with van der Waals surface area (Å²) in [5.74, 6) is 0.335. The summed E-state index contributed by atoms with van der Waals surface area (Å²) in [6, 6.07) is 7.39. The summed E-state index contributed by atoms with van der Waals surface area (Å²) in [6.07, 6.45) is 6.38. The lowest BCUT2D eigenvalue weighted by Crippen LogP contribution is -2.30. The van der Waals surface area contributed by atoms with Gasteiger partial charge in [-0.25, -0.2) is 19.2 Å². The van der Waals surface area contributed by atoms with Crippen molar-refractivity contribution >= 4 is 11.6 Å². The zero-order valence-corrected chi connectivity index (χ0v) is 15.5. The highest BCUT2D eigenvalue weighted by Gasteiger charge is 2.16. The van der Waals surface area contributed by atoms with E-state index < -0.39 is 5.56 Å². The predicted octanol–water partition coefficient (Wildman–Crippen LogP) is 0.642. The lowest BCUT2D eigenvalue weighted by Gasteiger charge is -2.08. The summed E-state index contributed by atoms with van der Waals surface area (Å²) >= 11 is 0. The largest absolute Gasteiger partial charge is 0.352 e. The van der Waals surface area contributed by atoms with Crippen LogP contribution in [0.1, 0.15) is 22.4 Å². The standard InChI is InChI=1S/C19H16N8O2/c1-12-15(19(29)27-18(25-12)14(9-20)11-24-27)8-17(28)22-10-13-3-5-21-16(7-13)26-6-2-4-23-26/h2-7,11,24H,8,10H2,1H3,(H,22,28). The summed E-state index contributed by atoms with van der Waals surface area (Å²) in [5.41, 5.74) is 1.68. The van der Waals surface area contributed by atoms with Crippen molar-refractivity contribution in [2.75, 3.05) is 0 Å². The monoisotopic (exact) mass is 388 g/mol. The smallest absolute Gasteiger partial charge is 0.276 e. The van der Waals surface area contributed by atoms with E-state index >= 15 is 0 Å². The minimum Gasteiger partial charge on any atom is -0.352 e. The first-order valence-electron chi connectivity index (χ1n) is 8.78. The number of nitrogens with one attached hydrogen (secondary N) is 2. The predicted molar refractivity (Wildman–Crippen MR) is 102 cm³/mol. The fourth-order valence-corrected chi connectivity index (χ4v) is 2.97. The van der Waals surface area contributed by atoms with Crippen LogP contribution in [0.3, 0.4) is 0 Å². The molecule has 0 radical (unpaired) electrons. The molecule has 1 amide bonds. The minimum absolute atomic E-state index is 0.112. The zero-order valence-electron chi connectivity index (χ0n) is 15.5. The summed E-state index contributed by atoms with van der Waals surface area (Å²) in [4.78, 5) is 33.6. The number of hydrogen-bond acceptors (Lipinski definition) is 6. The molecule has 0 aliphatic carbocycles. The Hall–Kier alpha value is -4.26. The fourth-order valence-electron chi connectivity index (χ4n) is 2.97. The maximum atomic E-state index is 12.6. The third kappa shape index (κ3) is 3.49. The number of H-pyrrole nitrogens is 1. The van der Waals surface area contributed by atoms with Crippen molar-refractivity contribution < 1.29 is 4.79 Å². The van der Waals surface area contributed by atoms with Crippen molar-refractivity contribution in [3.63, 3.8) is 0 Å². The van der Waals surface area contributed by atoms with Crippen LogP contribution >= 0.6 is 0 Å². The van der Waals surface area contributed by atoms with E-state index in [4.69, 9.17) is 5.26 Å². The summed E-state index contributed by atoms with van der Waals surface area (Å²) < 4.78 is 2.80. The maximum Gasteiger partial charge on any atom is 0.276 e. The molecule has 0 atom stereocenters. The number of aryl methyl sites for hydroxylation is 1. The molecule has 4 heterocycles. The summed E-state index contributed by atoms with van der Waals surface area (Å²) in [6.45, 7) is 1.93. The van der Waals surface area contributed by atoms with Crippen LogP contribution in [0.2, 0.25) is 0 Å². The molecule has 0 unspecified atom stereocenters. The summed E-state index contributed by atoms with van der Waals surface area (Å²) in [7, 11) is 0. The fraction of sp³-hybridized carbons (Fsp3) is 0.158. The van der Waals surface area contributed by atoms with Gasteiger partial charge in [0.25, 0.3) is 5.56 Å². The van der Waals surface area contributed by atoms with Crippen LogP contribution in [0, 0.1) is 18.3 Å². The molecule has 4 aromatic rings. The topological polar surface area (TPSA) is 134 Å². The molecule has 29 heavy (non-hydrogen) atoms. The Morgan fingerprint density at radius 2 is 2.24 bits per heavy atom. The van der Waals surface area contributed by atoms with Gasteiger partial charge in [0.1, 0.15) is 11.6 Å². The molecule has 0 aromatic carbocycles. The second kappa shape index (κ2) is 7.40. The third-order valence-electron chi connectivity index (χ3n) is 4.46. The number of rotatable bonds is 5. The average molecular weight is 388 g/mol. The molecule has 0 aliphatic heterocycles. The van der Waals surface area contributed by atoms with E-state index in [2.05, 4.69) is 25.5 Å². The SMILES string of the molecule is Cc1nc2c(C#N)c[nH]n2c(=O)c1CC(=O)NCc1ccnc(-n2cccn2)c1. The number of carbonyl (C=O) groups excluding carboxylic acids is 1. The molecular formula is C19H16N8O2. The van der Waals surface area contributed by atoms with Gasteiger partial charge >= 0.3 is 0 Å². The van der Waals surface area contributed by atoms with Gasteiger partial charge in [0.2, 0.25) is 5.91 Å². The molecule has 0 saturated heterocycles. The van der Waals surface area contributed by atoms with Crippen molar-refractivity contribution in [3.8, 4) is 11.9 Å². The highest BCUT2D eigenvalue weighted by molar-refractivity contribution is 5.78. The molecule has 4 rings (SSSR count). The van der Waals surface area contributed by atoms with Gasteiger partial charge in [0.05, 0.1) is 6.42 Å². The average Bonchev–Trinajstić information content (AvgIpc) is 3.40. The number of fused-ring (bicyclic) bond motifs is 1. The Labute approximate surface area is 164 Å². The number of pyridine rings is 1. The Bertz CT molecular complexity index is 1290. The number of carbonyl (C=O) groups is 1. The van der Waals surface area contributed by atoms with Crippen LogP contribution in [-0.4, -0.2) is 35.3 Å². The molecule has 144 valence electrons. The highest BCUT2D eigenvalue weighted by Crippen LogP contribution is 2.09. The number of nitriles is 1. The number of amides is 1. The van der Waals surface area contributed by atoms with Gasteiger partial charge in [0, 0.05) is 42.6 Å². The Kier molecular flexibility index (Phi) is 4.62. The molecule has 2 N–H and O–H groups in total. The van der Waals surface area contributed by atoms with E-state index in [0.717, 1.165) is 5.56 Å². The Morgan fingerprint density at radius 1 is 1.38 bits per heavy atom. The van der Waals surface area contributed by atoms with Gasteiger partial charge in [-0.15, -0.1) is 0 Å². The first-order valence-corrected chi connectivity index (χ1v) is 8.78. The van der Waals surface area contributed by atoms with Crippen molar-refractivity contribution in [2.45, 2.75) is 19.9 Å². The number of nitrogens with zero attached hydrogens (tertiary/aromatic N) is 6. The van der Waals surface area contributed by atoms with Crippen LogP contribution in [0.5, 0.6) is 0 Å². The minimum atomic E-state index is -0.394. The summed E-state index contributed by atoms with van der Waals surface area (Å²) in [5, 5.41) is 18.7. The maximum absolute atomic E-state index is 12.6. The first-order chi connectivity index (χ1) is 14.1. The van der Waals surface area contributed by atoms with Crippen LogP contribution in [0.4, 0.5) is 0 Å². The number of aromatic nitrogens is 6. The molecule has 10 heteroatoms. The van der Waals surface area contributed by atoms with E-state index in [-0.39, 0.29) is 35.6 Å². The molecule has 10 nitrogen and oxygen atoms in total. The second-order valence-corrected chi connectivity index (χ2v) is 6.37. The molecule has 0 fully saturated rings. The van der Waals surface area contributed by atoms with Crippen molar-refractivity contribution in [1.82, 2.24) is 34.7 Å². The van der Waals surface area contributed by atoms with E-state index in [1.165, 1.54) is 10.7 Å². The normalized spacial score (nSPS) is 10.8. The lowest BCUT2D eigenvalue weighted by molar-refractivity contribution is -0.120. The van der Waals surface area contributed by atoms with Gasteiger partial charge in [-0.05, 0) is 30.7 Å². The molecule has 0 spiro atoms. The zero-order chi connectivity index (χ0) is 20.4. The Morgan fingerprint density at radius 3 is 3.00 bits per heavy atom. The van der Waals surface area contributed by atoms with Gasteiger partial charge in [0.15, 0.2) is 11.5 Å². The van der Waals surface area contributed by atoms with E-state index in [0.29, 0.717) is 11.5 Å². The highest BCUT2D eigenvalue weighted by atomic mass is 16.2. The molecule has 0 saturated carbocycles. The van der Waals surface area contributed by atoms with E-state index in [9.17, 15) is 9.59 Å². The quantitative estimate of drug-likeness (QED) is 0.515. The molecular weight excluding hydrogens is 372 g/mol. The van der Waals surface area contributed by atoms with Crippen LogP contribution in [0.15, 0.2) is 47.8 Å². The molecule has 0 bridgehead atoms. The van der Waals surface area contributed by atoms with Gasteiger partial charge in [-0.3, -0.25) is 14.7 Å². The molecule has 0 aliphatic rings. The number of aromatic amines is 1. The Balaban J connectivity index is 1.49. The van der Waals surface area contributed by atoms with Gasteiger partial charge < -0.3 is 5.32 Å². The van der Waals surface area contributed by atoms with Crippen molar-refractivity contribution in [1.29, 1.82) is 5.26 Å². The second-order valence-electron chi connectivity index (χ2n) is 6.37. The van der Waals surface area contributed by atoms with Gasteiger partial charge in [-0.1, -0.05) is 0 Å². The first kappa shape index (κ1) is 18.1. The third-order valence-corrected chi connectivity index (χ3v) is 4.46. The van der Waals surface area contributed by atoms with Crippen LogP contribution in [-0.2, 0) is 17.8 Å². The van der Waals surface area contributed by atoms with Crippen LogP contribution in [0.25, 0.3) is 11.5 Å². The molecule has 4 aromatic heterocycles. The van der Waals surface area contributed by atoms with Crippen LogP contribution < -0.4 is 10.9 Å². The van der Waals surface area contributed by atoms with E-state index in [1.807, 2.05) is 12.1 Å². The van der Waals surface area contributed by atoms with Crippen molar-refractivity contribution in [3.05, 3.63) is 75.7 Å². The van der Waals surface area contributed by atoms with E-state index in [1.54, 1.807) is 42.3 Å². The van der Waals surface area contributed by atoms with Gasteiger partial charge in [-0.2, -0.15) is 10.4 Å². The van der Waals surface area contributed by atoms with Crippen molar-refractivity contribution in [2.24, 2.45) is 0 Å².